The van der Waals surface area contributed by atoms with Gasteiger partial charge in [-0.15, -0.1) is 0 Å². The minimum absolute atomic E-state index is 0.0528. The summed E-state index contributed by atoms with van der Waals surface area (Å²) in [7, 11) is 1.53. The van der Waals surface area contributed by atoms with Gasteiger partial charge in [-0.1, -0.05) is 88.8 Å². The number of phosphoric ester groups is 1. The van der Waals surface area contributed by atoms with Crippen molar-refractivity contribution in [3.8, 4) is 0 Å². The number of hydrogen-bond donors (Lipinski definition) is 3. The fraction of sp³-hybridized carbons (Fsp3) is 0.781. The van der Waals surface area contributed by atoms with E-state index in [-0.39, 0.29) is 19.1 Å². The topological polar surface area (TPSA) is 105 Å². The van der Waals surface area contributed by atoms with Crippen molar-refractivity contribution in [2.24, 2.45) is 0 Å². The number of rotatable bonds is 27. The number of amides is 1. The Morgan fingerprint density at radius 2 is 1.37 bits per heavy atom. The van der Waals surface area contributed by atoms with Crippen LogP contribution in [0.5, 0.6) is 0 Å². The smallest absolute Gasteiger partial charge is 0.387 e. The second-order valence-corrected chi connectivity index (χ2v) is 13.3. The first-order chi connectivity index (χ1) is 19.5. The minimum atomic E-state index is -4.33. The van der Waals surface area contributed by atoms with Gasteiger partial charge in [0.05, 0.1) is 39.9 Å². The van der Waals surface area contributed by atoms with Gasteiger partial charge in [0.25, 0.3) is 0 Å². The van der Waals surface area contributed by atoms with E-state index in [2.05, 4.69) is 43.5 Å². The lowest BCUT2D eigenvalue weighted by atomic mass is 10.1. The fourth-order valence-corrected chi connectivity index (χ4v) is 4.65. The van der Waals surface area contributed by atoms with Gasteiger partial charge in [0.2, 0.25) is 5.91 Å². The number of aliphatic hydroxyl groups excluding tert-OH is 1. The predicted octanol–water partition coefficient (Wildman–Crippen LogP) is 7.23. The molecule has 0 spiro atoms. The Bertz CT molecular complexity index is 779. The number of aliphatic hydroxyl groups is 1. The normalized spacial score (nSPS) is 15.6. The lowest BCUT2D eigenvalue weighted by Crippen LogP contribution is -2.45. The molecule has 0 rings (SSSR count). The number of carbonyl (C=O) groups excluding carboxylic acids is 1. The van der Waals surface area contributed by atoms with Crippen LogP contribution in [-0.2, 0) is 18.4 Å². The van der Waals surface area contributed by atoms with Gasteiger partial charge in [0, 0.05) is 6.42 Å². The van der Waals surface area contributed by atoms with Crippen LogP contribution >= 0.6 is 7.82 Å². The number of hydrogen-bond acceptors (Lipinski definition) is 5. The molecule has 240 valence electrons. The highest BCUT2D eigenvalue weighted by atomic mass is 31.2. The second-order valence-electron chi connectivity index (χ2n) is 11.8. The highest BCUT2D eigenvalue weighted by Gasteiger charge is 2.27. The zero-order valence-electron chi connectivity index (χ0n) is 26.8. The molecule has 0 saturated heterocycles. The van der Waals surface area contributed by atoms with Crippen molar-refractivity contribution in [3.05, 3.63) is 36.5 Å². The molecule has 0 saturated carbocycles. The standard InChI is InChI=1S/C32H61N2O6P/c1-6-8-10-12-14-16-18-20-22-24-26-32(36)33-30(29-40-41(37,38)39-28-27-34(3,4)5)31(35)25-23-21-19-17-15-13-11-9-7-2/h12,14-15,17,23,25,30-31,35H,6-11,13,16,18-22,24,26-29H2,1-5H3,(H-,33,36,37,38)/p+1/b14-12-,17-15+,25-23+. The summed E-state index contributed by atoms with van der Waals surface area (Å²) < 4.78 is 23.2. The van der Waals surface area contributed by atoms with Gasteiger partial charge in [-0.2, -0.15) is 0 Å². The molecule has 0 aliphatic carbocycles. The van der Waals surface area contributed by atoms with Crippen molar-refractivity contribution in [2.75, 3.05) is 40.9 Å². The monoisotopic (exact) mass is 601 g/mol. The van der Waals surface area contributed by atoms with E-state index in [9.17, 15) is 19.4 Å². The van der Waals surface area contributed by atoms with Gasteiger partial charge in [-0.05, 0) is 51.4 Å². The summed E-state index contributed by atoms with van der Waals surface area (Å²) in [5.41, 5.74) is 0. The van der Waals surface area contributed by atoms with Crippen LogP contribution in [0, 0.1) is 0 Å². The number of nitrogens with zero attached hydrogens (tertiary/aromatic N) is 1. The molecule has 0 aliphatic rings. The molecule has 0 aromatic carbocycles. The third-order valence-electron chi connectivity index (χ3n) is 6.58. The van der Waals surface area contributed by atoms with Gasteiger partial charge in [0.15, 0.2) is 0 Å². The highest BCUT2D eigenvalue weighted by molar-refractivity contribution is 7.47. The van der Waals surface area contributed by atoms with Gasteiger partial charge in [-0.3, -0.25) is 13.8 Å². The molecule has 0 aromatic rings. The Labute approximate surface area is 251 Å². The molecule has 0 bridgehead atoms. The number of quaternary nitrogens is 1. The number of carbonyl (C=O) groups is 1. The summed E-state index contributed by atoms with van der Waals surface area (Å²) in [6.07, 6.45) is 26.5. The van der Waals surface area contributed by atoms with Crippen LogP contribution < -0.4 is 5.32 Å². The van der Waals surface area contributed by atoms with Crippen LogP contribution in [-0.4, -0.2) is 73.4 Å². The molecule has 0 radical (unpaired) electrons. The van der Waals surface area contributed by atoms with E-state index in [1.165, 1.54) is 32.1 Å². The number of unbranched alkanes of at least 4 members (excludes halogenated alkanes) is 10. The SMILES string of the molecule is CCCC/C=C\CCCCCCC(=O)NC(COP(=O)(O)OCC[N+](C)(C)C)C(O)/C=C/CC/C=C/CCCCC. The summed E-state index contributed by atoms with van der Waals surface area (Å²) >= 11 is 0. The summed E-state index contributed by atoms with van der Waals surface area (Å²) in [4.78, 5) is 22.7. The molecule has 1 amide bonds. The van der Waals surface area contributed by atoms with Crippen LogP contribution in [0.2, 0.25) is 0 Å². The van der Waals surface area contributed by atoms with E-state index in [1.54, 1.807) is 6.08 Å². The highest BCUT2D eigenvalue weighted by Crippen LogP contribution is 2.43. The lowest BCUT2D eigenvalue weighted by molar-refractivity contribution is -0.870. The van der Waals surface area contributed by atoms with Crippen molar-refractivity contribution in [1.82, 2.24) is 5.32 Å². The van der Waals surface area contributed by atoms with E-state index in [4.69, 9.17) is 9.05 Å². The van der Waals surface area contributed by atoms with Crippen molar-refractivity contribution < 1.29 is 32.9 Å². The first-order valence-corrected chi connectivity index (χ1v) is 17.4. The summed E-state index contributed by atoms with van der Waals surface area (Å²) in [6.45, 7) is 4.63. The molecular weight excluding hydrogens is 539 g/mol. The number of nitrogens with one attached hydrogen (secondary N) is 1. The van der Waals surface area contributed by atoms with E-state index in [0.29, 0.717) is 17.4 Å². The maximum Gasteiger partial charge on any atom is 0.472 e. The Hall–Kier alpha value is -1.28. The van der Waals surface area contributed by atoms with E-state index < -0.39 is 20.0 Å². The largest absolute Gasteiger partial charge is 0.472 e. The van der Waals surface area contributed by atoms with Crippen molar-refractivity contribution in [2.45, 2.75) is 122 Å². The molecule has 3 N–H and O–H groups in total. The van der Waals surface area contributed by atoms with Crippen LogP contribution in [0.4, 0.5) is 0 Å². The van der Waals surface area contributed by atoms with E-state index >= 15 is 0 Å². The zero-order valence-corrected chi connectivity index (χ0v) is 27.7. The molecule has 3 atom stereocenters. The average molecular weight is 602 g/mol. The third-order valence-corrected chi connectivity index (χ3v) is 7.57. The summed E-state index contributed by atoms with van der Waals surface area (Å²) in [5, 5.41) is 13.6. The Morgan fingerprint density at radius 3 is 2.00 bits per heavy atom. The lowest BCUT2D eigenvalue weighted by Gasteiger charge is -2.25. The summed E-state index contributed by atoms with van der Waals surface area (Å²) in [5.74, 6) is -0.209. The summed E-state index contributed by atoms with van der Waals surface area (Å²) in [6, 6.07) is -0.862. The van der Waals surface area contributed by atoms with Crippen molar-refractivity contribution in [3.63, 3.8) is 0 Å². The molecule has 0 aromatic heterocycles. The third kappa shape index (κ3) is 27.3. The van der Waals surface area contributed by atoms with E-state index in [1.807, 2.05) is 27.2 Å². The van der Waals surface area contributed by atoms with Crippen LogP contribution in [0.3, 0.4) is 0 Å². The first kappa shape index (κ1) is 39.7. The second kappa shape index (κ2) is 25.2. The van der Waals surface area contributed by atoms with Gasteiger partial charge in [0.1, 0.15) is 13.2 Å². The van der Waals surface area contributed by atoms with Crippen molar-refractivity contribution in [1.29, 1.82) is 0 Å². The molecular formula is C32H62N2O6P+. The number of likely N-dealkylation sites (N-methyl/N-ethyl adjacent to an activating group) is 1. The van der Waals surface area contributed by atoms with Crippen molar-refractivity contribution >= 4 is 13.7 Å². The molecule has 3 unspecified atom stereocenters. The van der Waals surface area contributed by atoms with Gasteiger partial charge < -0.3 is 19.8 Å². The number of allylic oxidation sites excluding steroid dienone is 5. The van der Waals surface area contributed by atoms with Gasteiger partial charge in [-0.25, -0.2) is 4.57 Å². The minimum Gasteiger partial charge on any atom is -0.387 e. The molecule has 8 nitrogen and oxygen atoms in total. The van der Waals surface area contributed by atoms with Crippen LogP contribution in [0.1, 0.15) is 110 Å². The maximum absolute atomic E-state index is 12.6. The Morgan fingerprint density at radius 1 is 0.805 bits per heavy atom. The molecule has 0 heterocycles. The first-order valence-electron chi connectivity index (χ1n) is 15.9. The van der Waals surface area contributed by atoms with E-state index in [0.717, 1.165) is 57.8 Å². The quantitative estimate of drug-likeness (QED) is 0.0397. The van der Waals surface area contributed by atoms with Crippen LogP contribution in [0.25, 0.3) is 0 Å². The molecule has 0 aliphatic heterocycles. The maximum atomic E-state index is 12.6. The molecule has 0 fully saturated rings. The Balaban J connectivity index is 4.74. The van der Waals surface area contributed by atoms with Gasteiger partial charge >= 0.3 is 7.82 Å². The molecule has 41 heavy (non-hydrogen) atoms. The average Bonchev–Trinajstić information content (AvgIpc) is 2.90. The predicted molar refractivity (Wildman–Crippen MR) is 171 cm³/mol. The van der Waals surface area contributed by atoms with Crippen LogP contribution in [0.15, 0.2) is 36.5 Å². The molecule has 9 heteroatoms. The number of phosphoric acid groups is 1. The zero-order chi connectivity index (χ0) is 30.8. The Kier molecular flexibility index (Phi) is 24.5. The fourth-order valence-electron chi connectivity index (χ4n) is 3.92.